The summed E-state index contributed by atoms with van der Waals surface area (Å²) in [7, 11) is 0. The van der Waals surface area contributed by atoms with Crippen LogP contribution in [0, 0.1) is 5.92 Å². The smallest absolute Gasteiger partial charge is 0.246 e. The first-order valence-corrected chi connectivity index (χ1v) is 3.16. The summed E-state index contributed by atoms with van der Waals surface area (Å²) in [6.07, 6.45) is 0. The van der Waals surface area contributed by atoms with E-state index in [0.29, 0.717) is 0 Å². The van der Waals surface area contributed by atoms with Crippen molar-refractivity contribution in [3.8, 4) is 0 Å². The molecule has 0 atom stereocenters. The van der Waals surface area contributed by atoms with Gasteiger partial charge >= 0.3 is 0 Å². The van der Waals surface area contributed by atoms with Crippen LogP contribution in [-0.2, 0) is 9.63 Å². The molecule has 0 bridgehead atoms. The quantitative estimate of drug-likeness (QED) is 0.471. The molecular formula is C6H12FNO2. The topological polar surface area (TPSA) is 38.3 Å². The summed E-state index contributed by atoms with van der Waals surface area (Å²) in [5, 5.41) is 0. The second kappa shape index (κ2) is 5.17. The number of hydrogen-bond acceptors (Lipinski definition) is 2. The molecule has 0 aromatic heterocycles. The fourth-order valence-corrected chi connectivity index (χ4v) is 0.279. The molecule has 0 spiro atoms. The summed E-state index contributed by atoms with van der Waals surface area (Å²) >= 11 is 0. The van der Waals surface area contributed by atoms with E-state index in [0.717, 1.165) is 0 Å². The van der Waals surface area contributed by atoms with Crippen LogP contribution in [0.4, 0.5) is 4.39 Å². The summed E-state index contributed by atoms with van der Waals surface area (Å²) in [6, 6.07) is 0. The number of hydrogen-bond donors (Lipinski definition) is 1. The van der Waals surface area contributed by atoms with Crippen LogP contribution in [0.15, 0.2) is 0 Å². The monoisotopic (exact) mass is 149 g/mol. The largest absolute Gasteiger partial charge is 0.273 e. The second-order valence-corrected chi connectivity index (χ2v) is 2.16. The minimum Gasteiger partial charge on any atom is -0.273 e. The minimum atomic E-state index is -0.585. The highest BCUT2D eigenvalue weighted by molar-refractivity contribution is 5.76. The van der Waals surface area contributed by atoms with E-state index >= 15 is 0 Å². The zero-order chi connectivity index (χ0) is 7.98. The molecule has 60 valence electrons. The lowest BCUT2D eigenvalue weighted by atomic mass is 10.2. The van der Waals surface area contributed by atoms with Gasteiger partial charge in [-0.15, -0.1) is 0 Å². The van der Waals surface area contributed by atoms with E-state index in [9.17, 15) is 9.18 Å². The Bertz CT molecular complexity index is 106. The third kappa shape index (κ3) is 4.26. The van der Waals surface area contributed by atoms with Crippen molar-refractivity contribution in [2.75, 3.05) is 13.3 Å². The Balaban J connectivity index is 3.22. The molecule has 10 heavy (non-hydrogen) atoms. The Morgan fingerprint density at radius 2 is 2.30 bits per heavy atom. The van der Waals surface area contributed by atoms with Gasteiger partial charge in [-0.1, -0.05) is 13.8 Å². The fourth-order valence-electron chi connectivity index (χ4n) is 0.279. The van der Waals surface area contributed by atoms with E-state index in [-0.39, 0.29) is 18.4 Å². The van der Waals surface area contributed by atoms with Crippen LogP contribution < -0.4 is 5.48 Å². The van der Waals surface area contributed by atoms with Crippen LogP contribution >= 0.6 is 0 Å². The molecule has 0 aromatic rings. The van der Waals surface area contributed by atoms with Gasteiger partial charge in [0, 0.05) is 5.92 Å². The standard InChI is InChI=1S/C6H12FNO2/c1-5(2)6(9)8-10-4-3-7/h5H,3-4H2,1-2H3,(H,8,9). The second-order valence-electron chi connectivity index (χ2n) is 2.16. The van der Waals surface area contributed by atoms with Crippen molar-refractivity contribution < 1.29 is 14.0 Å². The summed E-state index contributed by atoms with van der Waals surface area (Å²) < 4.78 is 11.4. The fraction of sp³-hybridized carbons (Fsp3) is 0.833. The zero-order valence-corrected chi connectivity index (χ0v) is 6.19. The van der Waals surface area contributed by atoms with Gasteiger partial charge in [0.2, 0.25) is 5.91 Å². The third-order valence-electron chi connectivity index (χ3n) is 0.876. The van der Waals surface area contributed by atoms with Crippen molar-refractivity contribution in [2.24, 2.45) is 5.92 Å². The molecule has 0 aliphatic rings. The molecule has 0 rings (SSSR count). The molecule has 1 amide bonds. The van der Waals surface area contributed by atoms with E-state index in [1.807, 2.05) is 0 Å². The van der Waals surface area contributed by atoms with E-state index in [1.165, 1.54) is 0 Å². The minimum absolute atomic E-state index is 0.0849. The van der Waals surface area contributed by atoms with Crippen molar-refractivity contribution in [2.45, 2.75) is 13.8 Å². The van der Waals surface area contributed by atoms with Crippen LogP contribution in [0.3, 0.4) is 0 Å². The highest BCUT2D eigenvalue weighted by Gasteiger charge is 2.04. The van der Waals surface area contributed by atoms with Gasteiger partial charge in [-0.05, 0) is 0 Å². The summed E-state index contributed by atoms with van der Waals surface area (Å²) in [6.45, 7) is 2.79. The Labute approximate surface area is 59.5 Å². The van der Waals surface area contributed by atoms with Gasteiger partial charge in [-0.3, -0.25) is 9.63 Å². The predicted molar refractivity (Wildman–Crippen MR) is 34.9 cm³/mol. The lowest BCUT2D eigenvalue weighted by Crippen LogP contribution is -2.28. The van der Waals surface area contributed by atoms with Gasteiger partial charge in [0.1, 0.15) is 13.3 Å². The van der Waals surface area contributed by atoms with Crippen molar-refractivity contribution in [1.29, 1.82) is 0 Å². The Kier molecular flexibility index (Phi) is 4.84. The molecule has 3 nitrogen and oxygen atoms in total. The number of amides is 1. The normalized spacial score (nSPS) is 10.0. The lowest BCUT2D eigenvalue weighted by Gasteiger charge is -2.05. The Hall–Kier alpha value is -0.640. The van der Waals surface area contributed by atoms with Gasteiger partial charge in [0.25, 0.3) is 0 Å². The van der Waals surface area contributed by atoms with E-state index in [2.05, 4.69) is 10.3 Å². The zero-order valence-electron chi connectivity index (χ0n) is 6.19. The first-order valence-electron chi connectivity index (χ1n) is 3.16. The van der Waals surface area contributed by atoms with Crippen LogP contribution in [0.2, 0.25) is 0 Å². The van der Waals surface area contributed by atoms with Crippen LogP contribution in [0.1, 0.15) is 13.8 Å². The number of nitrogens with one attached hydrogen (secondary N) is 1. The van der Waals surface area contributed by atoms with Crippen LogP contribution in [0.25, 0.3) is 0 Å². The van der Waals surface area contributed by atoms with Gasteiger partial charge in [-0.2, -0.15) is 0 Å². The highest BCUT2D eigenvalue weighted by atomic mass is 19.1. The third-order valence-corrected chi connectivity index (χ3v) is 0.876. The van der Waals surface area contributed by atoms with Gasteiger partial charge in [-0.25, -0.2) is 9.87 Å². The molecule has 4 heteroatoms. The van der Waals surface area contributed by atoms with Crippen molar-refractivity contribution >= 4 is 5.91 Å². The number of carbonyl (C=O) groups is 1. The van der Waals surface area contributed by atoms with Crippen LogP contribution in [0.5, 0.6) is 0 Å². The van der Waals surface area contributed by atoms with E-state index in [4.69, 9.17) is 0 Å². The summed E-state index contributed by atoms with van der Waals surface area (Å²) in [5.41, 5.74) is 2.10. The summed E-state index contributed by atoms with van der Waals surface area (Å²) in [4.78, 5) is 15.1. The molecule has 0 saturated heterocycles. The molecule has 0 unspecified atom stereocenters. The molecule has 0 aliphatic heterocycles. The average Bonchev–Trinajstić information content (AvgIpc) is 1.88. The predicted octanol–water partition coefficient (Wildman–Crippen LogP) is 0.660. The Morgan fingerprint density at radius 1 is 1.70 bits per heavy atom. The Morgan fingerprint density at radius 3 is 2.70 bits per heavy atom. The molecule has 0 aliphatic carbocycles. The number of carbonyl (C=O) groups excluding carboxylic acids is 1. The van der Waals surface area contributed by atoms with Gasteiger partial charge in [0.15, 0.2) is 0 Å². The molecule has 0 aromatic carbocycles. The maximum Gasteiger partial charge on any atom is 0.246 e. The van der Waals surface area contributed by atoms with Crippen LogP contribution in [-0.4, -0.2) is 19.2 Å². The number of hydroxylamine groups is 1. The highest BCUT2D eigenvalue weighted by Crippen LogP contribution is 1.89. The molecule has 0 fully saturated rings. The molecule has 1 N–H and O–H groups in total. The summed E-state index contributed by atoms with van der Waals surface area (Å²) in [5.74, 6) is -0.354. The average molecular weight is 149 g/mol. The van der Waals surface area contributed by atoms with E-state index in [1.54, 1.807) is 13.8 Å². The molecule has 0 saturated carbocycles. The first-order chi connectivity index (χ1) is 4.68. The number of rotatable bonds is 4. The number of halogens is 1. The molecular weight excluding hydrogens is 137 g/mol. The number of alkyl halides is 1. The first kappa shape index (κ1) is 9.36. The maximum atomic E-state index is 11.4. The SMILES string of the molecule is CC(C)C(=O)NOCCF. The van der Waals surface area contributed by atoms with E-state index < -0.39 is 6.67 Å². The van der Waals surface area contributed by atoms with Gasteiger partial charge in [0.05, 0.1) is 0 Å². The molecule has 0 radical (unpaired) electrons. The van der Waals surface area contributed by atoms with Crippen molar-refractivity contribution in [3.63, 3.8) is 0 Å². The van der Waals surface area contributed by atoms with Gasteiger partial charge < -0.3 is 0 Å². The maximum absolute atomic E-state index is 11.4. The van der Waals surface area contributed by atoms with Crippen molar-refractivity contribution in [1.82, 2.24) is 5.48 Å². The van der Waals surface area contributed by atoms with Crippen molar-refractivity contribution in [3.05, 3.63) is 0 Å². The molecule has 0 heterocycles. The lowest BCUT2D eigenvalue weighted by molar-refractivity contribution is -0.136.